The number of carbonyl (C=O) groups is 1. The summed E-state index contributed by atoms with van der Waals surface area (Å²) >= 11 is 7.73. The lowest BCUT2D eigenvalue weighted by atomic mass is 10.2. The van der Waals surface area contributed by atoms with Crippen molar-refractivity contribution in [3.8, 4) is 0 Å². The van der Waals surface area contributed by atoms with Crippen LogP contribution in [0.2, 0.25) is 5.02 Å². The largest absolute Gasteiger partial charge is 0.336 e. The first-order valence-corrected chi connectivity index (χ1v) is 10.6. The maximum atomic E-state index is 12.3. The second kappa shape index (κ2) is 8.83. The molecule has 0 aliphatic rings. The van der Waals surface area contributed by atoms with E-state index in [0.717, 1.165) is 9.79 Å². The molecule has 3 N–H and O–H groups in total. The SMILES string of the molecule is Cn1c(=O)[nH]c(=O)c2[nH]c(CCC(=O)Nc3ccc(Sc4ccccc4Cl)cc3)nc21. The number of amides is 1. The van der Waals surface area contributed by atoms with Crippen molar-refractivity contribution in [1.82, 2.24) is 19.5 Å². The number of imidazole rings is 1. The molecule has 0 aliphatic carbocycles. The fourth-order valence-corrected chi connectivity index (χ4v) is 4.08. The van der Waals surface area contributed by atoms with Gasteiger partial charge in [-0.3, -0.25) is 19.1 Å². The molecular weight excluding hydrogens is 438 g/mol. The zero-order valence-corrected chi connectivity index (χ0v) is 18.0. The van der Waals surface area contributed by atoms with E-state index in [9.17, 15) is 14.4 Å². The number of rotatable bonds is 6. The Bertz CT molecular complexity index is 1370. The maximum absolute atomic E-state index is 12.3. The summed E-state index contributed by atoms with van der Waals surface area (Å²) < 4.78 is 1.25. The number of nitrogens with one attached hydrogen (secondary N) is 3. The van der Waals surface area contributed by atoms with E-state index >= 15 is 0 Å². The van der Waals surface area contributed by atoms with Gasteiger partial charge in [0, 0.05) is 35.4 Å². The van der Waals surface area contributed by atoms with E-state index in [1.807, 2.05) is 48.5 Å². The van der Waals surface area contributed by atoms with Crippen molar-refractivity contribution in [1.29, 1.82) is 0 Å². The highest BCUT2D eigenvalue weighted by Gasteiger charge is 2.12. The van der Waals surface area contributed by atoms with E-state index in [0.29, 0.717) is 23.0 Å². The average molecular weight is 456 g/mol. The molecular formula is C21H18ClN5O3S. The maximum Gasteiger partial charge on any atom is 0.329 e. The minimum absolute atomic E-state index is 0.168. The Kier molecular flexibility index (Phi) is 5.97. The number of H-pyrrole nitrogens is 2. The lowest BCUT2D eigenvalue weighted by molar-refractivity contribution is -0.116. The van der Waals surface area contributed by atoms with E-state index in [1.54, 1.807) is 11.8 Å². The minimum atomic E-state index is -0.538. The van der Waals surface area contributed by atoms with Gasteiger partial charge < -0.3 is 10.3 Å². The second-order valence-electron chi connectivity index (χ2n) is 6.81. The number of fused-ring (bicyclic) bond motifs is 1. The first-order valence-electron chi connectivity index (χ1n) is 9.41. The Hall–Kier alpha value is -3.30. The molecule has 2 aromatic carbocycles. The summed E-state index contributed by atoms with van der Waals surface area (Å²) in [5, 5.41) is 3.53. The summed E-state index contributed by atoms with van der Waals surface area (Å²) in [5.41, 5.74) is 0.0809. The normalized spacial score (nSPS) is 11.0. The third-order valence-corrected chi connectivity index (χ3v) is 6.12. The molecule has 10 heteroatoms. The second-order valence-corrected chi connectivity index (χ2v) is 8.33. The fraction of sp³-hybridized carbons (Fsp3) is 0.143. The van der Waals surface area contributed by atoms with Crippen molar-refractivity contribution >= 4 is 46.1 Å². The van der Waals surface area contributed by atoms with Crippen molar-refractivity contribution in [2.75, 3.05) is 5.32 Å². The Balaban J connectivity index is 1.37. The molecule has 2 aromatic heterocycles. The van der Waals surface area contributed by atoms with Crippen molar-refractivity contribution < 1.29 is 4.79 Å². The molecule has 0 saturated heterocycles. The molecule has 0 radical (unpaired) electrons. The van der Waals surface area contributed by atoms with Crippen LogP contribution in [0.25, 0.3) is 11.2 Å². The number of hydrogen-bond acceptors (Lipinski definition) is 5. The van der Waals surface area contributed by atoms with Crippen LogP contribution in [0.1, 0.15) is 12.2 Å². The third-order valence-electron chi connectivity index (χ3n) is 4.60. The molecule has 1 amide bonds. The molecule has 158 valence electrons. The van der Waals surface area contributed by atoms with Gasteiger partial charge in [0.1, 0.15) is 11.3 Å². The lowest BCUT2D eigenvalue weighted by Crippen LogP contribution is -2.28. The lowest BCUT2D eigenvalue weighted by Gasteiger charge is -2.07. The summed E-state index contributed by atoms with van der Waals surface area (Å²) in [7, 11) is 1.52. The molecule has 0 unspecified atom stereocenters. The molecule has 0 bridgehead atoms. The van der Waals surface area contributed by atoms with Gasteiger partial charge in [-0.25, -0.2) is 9.78 Å². The number of hydrogen-bond donors (Lipinski definition) is 3. The van der Waals surface area contributed by atoms with Gasteiger partial charge >= 0.3 is 5.69 Å². The van der Waals surface area contributed by atoms with Gasteiger partial charge in [-0.1, -0.05) is 35.5 Å². The number of anilines is 1. The zero-order valence-electron chi connectivity index (χ0n) is 16.4. The molecule has 0 saturated carbocycles. The molecule has 8 nitrogen and oxygen atoms in total. The van der Waals surface area contributed by atoms with E-state index < -0.39 is 11.2 Å². The van der Waals surface area contributed by atoms with Crippen LogP contribution in [0.5, 0.6) is 0 Å². The number of aromatic nitrogens is 4. The molecule has 0 fully saturated rings. The molecule has 31 heavy (non-hydrogen) atoms. The predicted molar refractivity (Wildman–Crippen MR) is 121 cm³/mol. The monoisotopic (exact) mass is 455 g/mol. The standard InChI is InChI=1S/C21H18ClN5O3S/c1-27-19-18(20(29)26-21(27)30)24-16(25-19)10-11-17(28)23-12-6-8-13(9-7-12)31-15-5-3-2-4-14(15)22/h2-9H,10-11H2,1H3,(H,23,28)(H,24,25)(H,26,29,30). The van der Waals surface area contributed by atoms with Gasteiger partial charge in [0.15, 0.2) is 5.65 Å². The first-order chi connectivity index (χ1) is 14.9. The number of benzene rings is 2. The third kappa shape index (κ3) is 4.73. The topological polar surface area (TPSA) is 113 Å². The van der Waals surface area contributed by atoms with E-state index in [2.05, 4.69) is 20.3 Å². The van der Waals surface area contributed by atoms with E-state index in [1.165, 1.54) is 11.6 Å². The van der Waals surface area contributed by atoms with Crippen LogP contribution >= 0.6 is 23.4 Å². The van der Waals surface area contributed by atoms with Crippen molar-refractivity contribution in [2.24, 2.45) is 7.05 Å². The molecule has 0 atom stereocenters. The summed E-state index contributed by atoms with van der Waals surface area (Å²) in [5.74, 6) is 0.276. The van der Waals surface area contributed by atoms with Gasteiger partial charge in [-0.15, -0.1) is 0 Å². The Morgan fingerprint density at radius 1 is 1.13 bits per heavy atom. The molecule has 0 aliphatic heterocycles. The van der Waals surface area contributed by atoms with Gasteiger partial charge in [-0.2, -0.15) is 0 Å². The summed E-state index contributed by atoms with van der Waals surface area (Å²) in [6.45, 7) is 0. The van der Waals surface area contributed by atoms with Crippen molar-refractivity contribution in [3.05, 3.63) is 80.2 Å². The number of carbonyl (C=O) groups excluding carboxylic acids is 1. The van der Waals surface area contributed by atoms with Gasteiger partial charge in [0.2, 0.25) is 5.91 Å². The van der Waals surface area contributed by atoms with Crippen molar-refractivity contribution in [3.63, 3.8) is 0 Å². The van der Waals surface area contributed by atoms with Crippen LogP contribution in [0.3, 0.4) is 0 Å². The summed E-state index contributed by atoms with van der Waals surface area (Å²) in [6, 6.07) is 15.1. The van der Waals surface area contributed by atoms with Gasteiger partial charge in [0.05, 0.1) is 5.02 Å². The van der Waals surface area contributed by atoms with Crippen molar-refractivity contribution in [2.45, 2.75) is 22.6 Å². The minimum Gasteiger partial charge on any atom is -0.336 e. The molecule has 0 spiro atoms. The highest BCUT2D eigenvalue weighted by molar-refractivity contribution is 7.99. The zero-order chi connectivity index (χ0) is 22.0. The van der Waals surface area contributed by atoms with Gasteiger partial charge in [0.25, 0.3) is 5.56 Å². The average Bonchev–Trinajstić information content (AvgIpc) is 3.19. The van der Waals surface area contributed by atoms with Crippen LogP contribution in [-0.4, -0.2) is 25.4 Å². The smallest absolute Gasteiger partial charge is 0.329 e. The Morgan fingerprint density at radius 2 is 1.87 bits per heavy atom. The van der Waals surface area contributed by atoms with Crippen LogP contribution in [0, 0.1) is 0 Å². The Labute approximate surface area is 185 Å². The van der Waals surface area contributed by atoms with Gasteiger partial charge in [-0.05, 0) is 36.4 Å². The highest BCUT2D eigenvalue weighted by atomic mass is 35.5. The van der Waals surface area contributed by atoms with Crippen LogP contribution in [-0.2, 0) is 18.3 Å². The Morgan fingerprint density at radius 3 is 2.61 bits per heavy atom. The van der Waals surface area contributed by atoms with E-state index in [-0.39, 0.29) is 23.5 Å². The van der Waals surface area contributed by atoms with Crippen LogP contribution in [0.15, 0.2) is 67.9 Å². The summed E-state index contributed by atoms with van der Waals surface area (Å²) in [6.07, 6.45) is 0.469. The quantitative estimate of drug-likeness (QED) is 0.413. The van der Waals surface area contributed by atoms with Crippen LogP contribution < -0.4 is 16.6 Å². The predicted octanol–water partition coefficient (Wildman–Crippen LogP) is 3.33. The molecule has 2 heterocycles. The molecule has 4 aromatic rings. The summed E-state index contributed by atoms with van der Waals surface area (Å²) in [4.78, 5) is 47.2. The van der Waals surface area contributed by atoms with Crippen LogP contribution in [0.4, 0.5) is 5.69 Å². The number of nitrogens with zero attached hydrogens (tertiary/aromatic N) is 2. The highest BCUT2D eigenvalue weighted by Crippen LogP contribution is 2.33. The number of halogens is 1. The fourth-order valence-electron chi connectivity index (χ4n) is 2.99. The molecule has 4 rings (SSSR count). The van der Waals surface area contributed by atoms with E-state index in [4.69, 9.17) is 11.6 Å². The number of aromatic amines is 2. The number of aryl methyl sites for hydroxylation is 2. The first kappa shape index (κ1) is 21.0.